The molecule has 0 saturated heterocycles. The minimum atomic E-state index is -0.0560. The number of halogens is 1. The second kappa shape index (κ2) is 3.97. The van der Waals surface area contributed by atoms with E-state index >= 15 is 0 Å². The summed E-state index contributed by atoms with van der Waals surface area (Å²) in [6.07, 6.45) is 1.74. The highest BCUT2D eigenvalue weighted by Gasteiger charge is 2.22. The molecule has 0 fully saturated rings. The monoisotopic (exact) mass is 281 g/mol. The quantitative estimate of drug-likeness (QED) is 0.750. The molecule has 0 radical (unpaired) electrons. The number of para-hydroxylation sites is 1. The first kappa shape index (κ1) is 11.3. The summed E-state index contributed by atoms with van der Waals surface area (Å²) >= 11 is 3.48. The van der Waals surface area contributed by atoms with Crippen LogP contribution in [0, 0.1) is 0 Å². The first-order chi connectivity index (χ1) is 7.48. The van der Waals surface area contributed by atoms with Crippen molar-refractivity contribution in [3.8, 4) is 5.69 Å². The average Bonchev–Trinajstić information content (AvgIpc) is 2.66. The first-order valence-electron chi connectivity index (χ1n) is 5.08. The maximum absolute atomic E-state index is 4.40. The van der Waals surface area contributed by atoms with E-state index in [1.54, 1.807) is 11.1 Å². The Labute approximate surface area is 103 Å². The van der Waals surface area contributed by atoms with Crippen LogP contribution < -0.4 is 4.68 Å². The molecule has 0 amide bonds. The lowest BCUT2D eigenvalue weighted by atomic mass is 10.1. The molecule has 4 nitrogen and oxygen atoms in total. The highest BCUT2D eigenvalue weighted by Crippen LogP contribution is 2.18. The molecular formula is C11H14BrN4+. The van der Waals surface area contributed by atoms with Gasteiger partial charge in [-0.3, -0.25) is 0 Å². The Bertz CT molecular complexity index is 499. The fourth-order valence-corrected chi connectivity index (χ4v) is 1.71. The lowest BCUT2D eigenvalue weighted by molar-refractivity contribution is -0.807. The molecular weight excluding hydrogens is 268 g/mol. The molecule has 0 spiro atoms. The summed E-state index contributed by atoms with van der Waals surface area (Å²) in [7, 11) is 0. The van der Waals surface area contributed by atoms with E-state index in [-0.39, 0.29) is 5.54 Å². The van der Waals surface area contributed by atoms with Gasteiger partial charge in [0.1, 0.15) is 5.54 Å². The number of aromatic nitrogens is 4. The van der Waals surface area contributed by atoms with E-state index in [9.17, 15) is 0 Å². The topological polar surface area (TPSA) is 34.6 Å². The van der Waals surface area contributed by atoms with Crippen molar-refractivity contribution in [1.29, 1.82) is 0 Å². The van der Waals surface area contributed by atoms with Crippen LogP contribution in [0.5, 0.6) is 0 Å². The summed E-state index contributed by atoms with van der Waals surface area (Å²) < 4.78 is 2.82. The average molecular weight is 282 g/mol. The predicted molar refractivity (Wildman–Crippen MR) is 64.3 cm³/mol. The van der Waals surface area contributed by atoms with Crippen molar-refractivity contribution in [3.63, 3.8) is 0 Å². The summed E-state index contributed by atoms with van der Waals surface area (Å²) in [5.74, 6) is 0. The van der Waals surface area contributed by atoms with Crippen molar-refractivity contribution in [1.82, 2.24) is 15.1 Å². The first-order valence-corrected chi connectivity index (χ1v) is 5.87. The number of hydrogen-bond acceptors (Lipinski definition) is 2. The minimum absolute atomic E-state index is 0.0560. The fraction of sp³-hybridized carbons (Fsp3) is 0.364. The Hall–Kier alpha value is -1.23. The molecule has 16 heavy (non-hydrogen) atoms. The van der Waals surface area contributed by atoms with Crippen molar-refractivity contribution in [2.75, 3.05) is 0 Å². The van der Waals surface area contributed by atoms with Crippen LogP contribution >= 0.6 is 15.9 Å². The minimum Gasteiger partial charge on any atom is -0.134 e. The smallest absolute Gasteiger partial charge is 0.134 e. The molecule has 5 heteroatoms. The molecule has 0 aliphatic carbocycles. The zero-order valence-electron chi connectivity index (χ0n) is 9.55. The summed E-state index contributed by atoms with van der Waals surface area (Å²) in [5.41, 5.74) is 0.880. The van der Waals surface area contributed by atoms with E-state index in [2.05, 4.69) is 47.0 Å². The van der Waals surface area contributed by atoms with E-state index in [1.165, 1.54) is 0 Å². The van der Waals surface area contributed by atoms with Gasteiger partial charge in [0.25, 0.3) is 6.33 Å². The number of hydrogen-bond donors (Lipinski definition) is 0. The Balaban J connectivity index is 2.44. The molecule has 2 rings (SSSR count). The zero-order chi connectivity index (χ0) is 11.8. The van der Waals surface area contributed by atoms with Crippen molar-refractivity contribution in [2.45, 2.75) is 26.3 Å². The van der Waals surface area contributed by atoms with Gasteiger partial charge in [-0.1, -0.05) is 12.1 Å². The van der Waals surface area contributed by atoms with E-state index in [0.29, 0.717) is 0 Å². The van der Waals surface area contributed by atoms with Crippen LogP contribution in [0.4, 0.5) is 0 Å². The van der Waals surface area contributed by atoms with Gasteiger partial charge >= 0.3 is 0 Å². The second-order valence-electron chi connectivity index (χ2n) is 4.58. The van der Waals surface area contributed by atoms with Crippen LogP contribution in [0.3, 0.4) is 0 Å². The van der Waals surface area contributed by atoms with E-state index in [1.807, 2.05) is 28.9 Å². The largest absolute Gasteiger partial charge is 0.287 e. The van der Waals surface area contributed by atoms with Gasteiger partial charge in [0.05, 0.1) is 14.8 Å². The molecule has 0 aliphatic heterocycles. The number of rotatable bonds is 1. The third kappa shape index (κ3) is 2.14. The zero-order valence-corrected chi connectivity index (χ0v) is 11.1. The molecule has 0 aliphatic rings. The maximum atomic E-state index is 4.40. The van der Waals surface area contributed by atoms with Gasteiger partial charge in [-0.05, 0) is 48.8 Å². The van der Waals surface area contributed by atoms with Gasteiger partial charge in [-0.15, -0.1) is 4.68 Å². The molecule has 0 N–H and O–H groups in total. The van der Waals surface area contributed by atoms with Crippen LogP contribution in [0.25, 0.3) is 5.69 Å². The van der Waals surface area contributed by atoms with Gasteiger partial charge in [-0.2, -0.15) is 0 Å². The standard InChI is InChI=1S/C11H14BrN4/c1-11(2,3)15-8-13-16(14-15)10-7-5-4-6-9(10)12/h4-8H,1-3H3/q+1. The third-order valence-corrected chi connectivity index (χ3v) is 2.88. The molecule has 1 aromatic heterocycles. The summed E-state index contributed by atoms with van der Waals surface area (Å²) in [6.45, 7) is 6.27. The van der Waals surface area contributed by atoms with Crippen LogP contribution in [0.15, 0.2) is 35.1 Å². The highest BCUT2D eigenvalue weighted by atomic mass is 79.9. The van der Waals surface area contributed by atoms with Gasteiger partial charge in [0.15, 0.2) is 5.69 Å². The van der Waals surface area contributed by atoms with Gasteiger partial charge in [0, 0.05) is 4.80 Å². The second-order valence-corrected chi connectivity index (χ2v) is 5.43. The number of tetrazole rings is 1. The van der Waals surface area contributed by atoms with Gasteiger partial charge < -0.3 is 0 Å². The lowest BCUT2D eigenvalue weighted by Crippen LogP contribution is -2.51. The summed E-state index contributed by atoms with van der Waals surface area (Å²) in [4.78, 5) is 1.62. The van der Waals surface area contributed by atoms with Crippen LogP contribution in [0.2, 0.25) is 0 Å². The van der Waals surface area contributed by atoms with E-state index in [4.69, 9.17) is 0 Å². The third-order valence-electron chi connectivity index (χ3n) is 2.21. The molecule has 0 unspecified atom stereocenters. The molecule has 1 aromatic carbocycles. The molecule has 84 valence electrons. The molecule has 2 aromatic rings. The van der Waals surface area contributed by atoms with Crippen molar-refractivity contribution < 1.29 is 4.68 Å². The Morgan fingerprint density at radius 3 is 2.50 bits per heavy atom. The Morgan fingerprint density at radius 2 is 1.94 bits per heavy atom. The van der Waals surface area contributed by atoms with Crippen LogP contribution in [-0.2, 0) is 5.54 Å². The highest BCUT2D eigenvalue weighted by molar-refractivity contribution is 9.10. The lowest BCUT2D eigenvalue weighted by Gasteiger charge is -2.11. The van der Waals surface area contributed by atoms with Crippen molar-refractivity contribution >= 4 is 15.9 Å². The maximum Gasteiger partial charge on any atom is 0.287 e. The molecule has 1 heterocycles. The van der Waals surface area contributed by atoms with Crippen molar-refractivity contribution in [2.24, 2.45) is 0 Å². The Kier molecular flexibility index (Phi) is 2.80. The predicted octanol–water partition coefficient (Wildman–Crippen LogP) is 2.07. The van der Waals surface area contributed by atoms with Gasteiger partial charge in [-0.25, -0.2) is 0 Å². The van der Waals surface area contributed by atoms with E-state index in [0.717, 1.165) is 10.2 Å². The fourth-order valence-electron chi connectivity index (χ4n) is 1.27. The summed E-state index contributed by atoms with van der Waals surface area (Å²) in [6, 6.07) is 7.87. The number of benzene rings is 1. The molecule has 0 saturated carbocycles. The SMILES string of the molecule is CC(C)(C)[n+]1cnn(-c2ccccc2Br)n1. The summed E-state index contributed by atoms with van der Waals surface area (Å²) in [5, 5.41) is 8.66. The molecule has 0 atom stereocenters. The van der Waals surface area contributed by atoms with E-state index < -0.39 is 0 Å². The van der Waals surface area contributed by atoms with Gasteiger partial charge in [0.2, 0.25) is 0 Å². The van der Waals surface area contributed by atoms with Crippen LogP contribution in [-0.4, -0.2) is 15.1 Å². The number of nitrogens with zero attached hydrogens (tertiary/aromatic N) is 4. The Morgan fingerprint density at radius 1 is 1.25 bits per heavy atom. The van der Waals surface area contributed by atoms with Crippen LogP contribution in [0.1, 0.15) is 20.8 Å². The normalized spacial score (nSPS) is 11.8. The van der Waals surface area contributed by atoms with Crippen molar-refractivity contribution in [3.05, 3.63) is 35.1 Å². The molecule has 0 bridgehead atoms.